The predicted octanol–water partition coefficient (Wildman–Crippen LogP) is 1.93. The molecule has 0 fully saturated rings. The van der Waals surface area contributed by atoms with E-state index >= 15 is 0 Å². The first kappa shape index (κ1) is 16.1. The Morgan fingerprint density at radius 3 is 2.24 bits per heavy atom. The molecule has 0 unspecified atom stereocenters. The van der Waals surface area contributed by atoms with Gasteiger partial charge in [-0.15, -0.1) is 11.6 Å². The van der Waals surface area contributed by atoms with Crippen LogP contribution in [0.3, 0.4) is 0 Å². The molecule has 0 atom stereocenters. The van der Waals surface area contributed by atoms with Crippen molar-refractivity contribution in [3.63, 3.8) is 0 Å². The van der Waals surface area contributed by atoms with Crippen LogP contribution in [0.5, 0.6) is 0 Å². The van der Waals surface area contributed by atoms with Crippen molar-refractivity contribution < 1.29 is 27.2 Å². The Morgan fingerprint density at radius 1 is 1.35 bits per heavy atom. The van der Waals surface area contributed by atoms with E-state index in [1.54, 1.807) is 6.92 Å². The Bertz CT molecular complexity index is 286. The number of hydrogen-bond donors (Lipinski definition) is 0. The molecule has 0 aromatic heterocycles. The van der Waals surface area contributed by atoms with Crippen LogP contribution in [0.1, 0.15) is 13.3 Å². The molecular formula is C9H12ClF4NO2. The molecule has 0 heterocycles. The Kier molecular flexibility index (Phi) is 6.44. The number of halogens is 5. The molecule has 8 heteroatoms. The Hall–Kier alpha value is -0.850. The second-order valence-electron chi connectivity index (χ2n) is 3.32. The van der Waals surface area contributed by atoms with Gasteiger partial charge < -0.3 is 4.90 Å². The number of rotatable bonds is 7. The normalized spacial score (nSPS) is 11.7. The first-order valence-electron chi connectivity index (χ1n) is 4.80. The number of alkyl halides is 5. The van der Waals surface area contributed by atoms with E-state index in [4.69, 9.17) is 11.6 Å². The van der Waals surface area contributed by atoms with E-state index in [1.807, 2.05) is 0 Å². The standard InChI is InChI=1S/C9H12ClF4NO2/c1-2-3-15(5-6(16)4-10)8(17)9(13,14)7(11)12/h7H,2-5H2,1H3. The van der Waals surface area contributed by atoms with Crippen LogP contribution in [0.15, 0.2) is 0 Å². The highest BCUT2D eigenvalue weighted by molar-refractivity contribution is 6.28. The van der Waals surface area contributed by atoms with Gasteiger partial charge in [0.2, 0.25) is 0 Å². The summed E-state index contributed by atoms with van der Waals surface area (Å²) in [5, 5.41) is 0. The van der Waals surface area contributed by atoms with Crippen LogP contribution in [0.2, 0.25) is 0 Å². The van der Waals surface area contributed by atoms with Crippen molar-refractivity contribution in [3.05, 3.63) is 0 Å². The van der Waals surface area contributed by atoms with E-state index in [1.165, 1.54) is 0 Å². The van der Waals surface area contributed by atoms with Crippen LogP contribution in [0, 0.1) is 0 Å². The molecule has 3 nitrogen and oxygen atoms in total. The summed E-state index contributed by atoms with van der Waals surface area (Å²) in [4.78, 5) is 22.5. The maximum atomic E-state index is 12.8. The highest BCUT2D eigenvalue weighted by Gasteiger charge is 2.51. The molecule has 0 aliphatic rings. The van der Waals surface area contributed by atoms with Crippen molar-refractivity contribution in [3.8, 4) is 0 Å². The van der Waals surface area contributed by atoms with Gasteiger partial charge in [-0.3, -0.25) is 9.59 Å². The minimum absolute atomic E-state index is 0.205. The maximum Gasteiger partial charge on any atom is 0.383 e. The lowest BCUT2D eigenvalue weighted by atomic mass is 10.2. The molecule has 0 aliphatic heterocycles. The summed E-state index contributed by atoms with van der Waals surface area (Å²) in [6, 6.07) is 0. The van der Waals surface area contributed by atoms with Crippen LogP contribution >= 0.6 is 11.6 Å². The van der Waals surface area contributed by atoms with Gasteiger partial charge in [0.15, 0.2) is 5.78 Å². The SMILES string of the molecule is CCCN(CC(=O)CCl)C(=O)C(F)(F)C(F)F. The molecule has 0 N–H and O–H groups in total. The summed E-state index contributed by atoms with van der Waals surface area (Å²) >= 11 is 5.15. The maximum absolute atomic E-state index is 12.8. The van der Waals surface area contributed by atoms with E-state index in [0.717, 1.165) is 0 Å². The zero-order valence-corrected chi connectivity index (χ0v) is 9.82. The van der Waals surface area contributed by atoms with Crippen LogP contribution in [-0.2, 0) is 9.59 Å². The van der Waals surface area contributed by atoms with E-state index in [9.17, 15) is 27.2 Å². The van der Waals surface area contributed by atoms with E-state index in [2.05, 4.69) is 0 Å². The largest absolute Gasteiger partial charge is 0.383 e. The van der Waals surface area contributed by atoms with Gasteiger partial charge in [0.25, 0.3) is 5.91 Å². The number of ketones is 1. The summed E-state index contributed by atoms with van der Waals surface area (Å²) in [7, 11) is 0. The van der Waals surface area contributed by atoms with Crippen LogP contribution in [0.25, 0.3) is 0 Å². The summed E-state index contributed by atoms with van der Waals surface area (Å²) in [5.41, 5.74) is 0. The number of carbonyl (C=O) groups excluding carboxylic acids is 2. The number of hydrogen-bond acceptors (Lipinski definition) is 2. The third-order valence-electron chi connectivity index (χ3n) is 1.86. The lowest BCUT2D eigenvalue weighted by Gasteiger charge is -2.25. The van der Waals surface area contributed by atoms with Crippen LogP contribution in [-0.4, -0.2) is 47.9 Å². The Morgan fingerprint density at radius 2 is 1.88 bits per heavy atom. The molecule has 0 rings (SSSR count). The molecule has 0 saturated carbocycles. The second kappa shape index (κ2) is 6.78. The molecule has 0 aliphatic carbocycles. The fourth-order valence-electron chi connectivity index (χ4n) is 1.08. The van der Waals surface area contributed by atoms with Gasteiger partial charge >= 0.3 is 12.3 Å². The van der Waals surface area contributed by atoms with Gasteiger partial charge in [-0.05, 0) is 6.42 Å². The first-order valence-corrected chi connectivity index (χ1v) is 5.33. The molecule has 0 bridgehead atoms. The molecule has 1 amide bonds. The highest BCUT2D eigenvalue weighted by atomic mass is 35.5. The summed E-state index contributed by atoms with van der Waals surface area (Å²) in [5.74, 6) is -7.97. The third-order valence-corrected chi connectivity index (χ3v) is 2.15. The average Bonchev–Trinajstić information content (AvgIpc) is 2.26. The molecular weight excluding hydrogens is 266 g/mol. The van der Waals surface area contributed by atoms with Gasteiger partial charge in [0.05, 0.1) is 12.4 Å². The van der Waals surface area contributed by atoms with Crippen molar-refractivity contribution in [1.82, 2.24) is 4.90 Å². The third kappa shape index (κ3) is 4.49. The predicted molar refractivity (Wildman–Crippen MR) is 53.5 cm³/mol. The highest BCUT2D eigenvalue weighted by Crippen LogP contribution is 2.25. The molecule has 0 saturated heterocycles. The lowest BCUT2D eigenvalue weighted by Crippen LogP contribution is -2.49. The van der Waals surface area contributed by atoms with Crippen molar-refractivity contribution >= 4 is 23.3 Å². The number of amides is 1. The van der Waals surface area contributed by atoms with Gasteiger partial charge in [-0.2, -0.15) is 8.78 Å². The number of Topliss-reactive ketones (excluding diaryl/α,β-unsaturated/α-hetero) is 1. The van der Waals surface area contributed by atoms with Crippen molar-refractivity contribution in [1.29, 1.82) is 0 Å². The van der Waals surface area contributed by atoms with E-state index in [-0.39, 0.29) is 13.0 Å². The zero-order chi connectivity index (χ0) is 13.6. The zero-order valence-electron chi connectivity index (χ0n) is 9.06. The molecule has 0 radical (unpaired) electrons. The van der Waals surface area contributed by atoms with Gasteiger partial charge in [0.1, 0.15) is 0 Å². The van der Waals surface area contributed by atoms with Crippen molar-refractivity contribution in [2.24, 2.45) is 0 Å². The fraction of sp³-hybridized carbons (Fsp3) is 0.778. The smallest absolute Gasteiger partial charge is 0.330 e. The Balaban J connectivity index is 4.81. The topological polar surface area (TPSA) is 37.4 Å². The Labute approximate surface area is 101 Å². The van der Waals surface area contributed by atoms with E-state index < -0.39 is 36.5 Å². The quantitative estimate of drug-likeness (QED) is 0.527. The summed E-state index contributed by atoms with van der Waals surface area (Å²) < 4.78 is 49.5. The van der Waals surface area contributed by atoms with Gasteiger partial charge in [0, 0.05) is 6.54 Å². The minimum Gasteiger partial charge on any atom is -0.330 e. The molecule has 0 aromatic rings. The molecule has 0 aromatic carbocycles. The second-order valence-corrected chi connectivity index (χ2v) is 3.59. The first-order chi connectivity index (χ1) is 7.77. The van der Waals surface area contributed by atoms with Crippen molar-refractivity contribution in [2.45, 2.75) is 25.7 Å². The summed E-state index contributed by atoms with van der Waals surface area (Å²) in [6.07, 6.45) is -3.83. The van der Waals surface area contributed by atoms with Crippen molar-refractivity contribution in [2.75, 3.05) is 19.0 Å². The van der Waals surface area contributed by atoms with E-state index in [0.29, 0.717) is 4.90 Å². The molecule has 17 heavy (non-hydrogen) atoms. The monoisotopic (exact) mass is 277 g/mol. The molecule has 0 spiro atoms. The van der Waals surface area contributed by atoms with Crippen LogP contribution < -0.4 is 0 Å². The van der Waals surface area contributed by atoms with Gasteiger partial charge in [-0.25, -0.2) is 8.78 Å². The summed E-state index contributed by atoms with van der Waals surface area (Å²) in [6.45, 7) is 0.675. The molecule has 100 valence electrons. The minimum atomic E-state index is -4.78. The number of nitrogens with zero attached hydrogens (tertiary/aromatic N) is 1. The fourth-order valence-corrected chi connectivity index (χ4v) is 1.17. The number of carbonyl (C=O) groups is 2. The lowest BCUT2D eigenvalue weighted by molar-refractivity contribution is -0.181. The average molecular weight is 278 g/mol. The van der Waals surface area contributed by atoms with Crippen LogP contribution in [0.4, 0.5) is 17.6 Å². The van der Waals surface area contributed by atoms with Gasteiger partial charge in [-0.1, -0.05) is 6.92 Å².